The summed E-state index contributed by atoms with van der Waals surface area (Å²) in [6.45, 7) is 3.73. The van der Waals surface area contributed by atoms with Crippen LogP contribution < -0.4 is 5.32 Å². The molecule has 0 atom stereocenters. The van der Waals surface area contributed by atoms with Crippen molar-refractivity contribution < 1.29 is 4.79 Å². The van der Waals surface area contributed by atoms with Crippen LogP contribution in [0.25, 0.3) is 10.9 Å². The molecule has 0 unspecified atom stereocenters. The maximum Gasteiger partial charge on any atom is 0.272 e. The number of fused-ring (bicyclic) bond motifs is 1. The maximum absolute atomic E-state index is 12.9. The molecule has 1 aromatic heterocycles. The molecule has 0 spiro atoms. The number of amides is 1. The highest BCUT2D eigenvalue weighted by atomic mass is 16.2. The van der Waals surface area contributed by atoms with Gasteiger partial charge in [-0.15, -0.1) is 0 Å². The molecule has 0 bridgehead atoms. The summed E-state index contributed by atoms with van der Waals surface area (Å²) >= 11 is 0. The molecule has 1 N–H and O–H groups in total. The van der Waals surface area contributed by atoms with Crippen molar-refractivity contribution in [2.45, 2.75) is 26.2 Å². The van der Waals surface area contributed by atoms with Crippen LogP contribution in [-0.4, -0.2) is 28.9 Å². The highest BCUT2D eigenvalue weighted by Gasteiger charge is 2.20. The van der Waals surface area contributed by atoms with Gasteiger partial charge in [-0.1, -0.05) is 30.3 Å². The number of rotatable bonds is 3. The first-order chi connectivity index (χ1) is 12.7. The Hall–Kier alpha value is -2.88. The predicted octanol–water partition coefficient (Wildman–Crippen LogP) is 4.91. The van der Waals surface area contributed by atoms with Crippen LogP contribution in [0, 0.1) is 6.92 Å². The molecule has 4 heteroatoms. The van der Waals surface area contributed by atoms with E-state index < -0.39 is 0 Å². The van der Waals surface area contributed by atoms with Gasteiger partial charge in [0, 0.05) is 24.2 Å². The lowest BCUT2D eigenvalue weighted by Crippen LogP contribution is -2.36. The average molecular weight is 345 g/mol. The number of hydrogen-bond donors (Lipinski definition) is 1. The Morgan fingerprint density at radius 3 is 2.62 bits per heavy atom. The summed E-state index contributed by atoms with van der Waals surface area (Å²) in [5.74, 6) is 0.0303. The van der Waals surface area contributed by atoms with Crippen molar-refractivity contribution >= 4 is 28.2 Å². The summed E-state index contributed by atoms with van der Waals surface area (Å²) in [7, 11) is 0. The molecule has 26 heavy (non-hydrogen) atoms. The van der Waals surface area contributed by atoms with E-state index in [1.54, 1.807) is 0 Å². The van der Waals surface area contributed by atoms with E-state index >= 15 is 0 Å². The Kier molecular flexibility index (Phi) is 4.57. The number of carbonyl (C=O) groups is 1. The quantitative estimate of drug-likeness (QED) is 0.733. The monoisotopic (exact) mass is 345 g/mol. The first kappa shape index (κ1) is 16.6. The van der Waals surface area contributed by atoms with Gasteiger partial charge in [0.1, 0.15) is 5.69 Å². The lowest BCUT2D eigenvalue weighted by Gasteiger charge is -2.26. The van der Waals surface area contributed by atoms with Crippen molar-refractivity contribution in [3.63, 3.8) is 0 Å². The number of nitrogens with zero attached hydrogens (tertiary/aromatic N) is 2. The van der Waals surface area contributed by atoms with Crippen LogP contribution in [0.2, 0.25) is 0 Å². The van der Waals surface area contributed by atoms with Gasteiger partial charge < -0.3 is 10.2 Å². The number of nitrogens with one attached hydrogen (secondary N) is 1. The van der Waals surface area contributed by atoms with E-state index in [9.17, 15) is 4.79 Å². The summed E-state index contributed by atoms with van der Waals surface area (Å²) in [6.07, 6.45) is 3.36. The van der Waals surface area contributed by atoms with Crippen LogP contribution in [-0.2, 0) is 0 Å². The van der Waals surface area contributed by atoms with Crippen molar-refractivity contribution in [2.24, 2.45) is 0 Å². The zero-order valence-electron chi connectivity index (χ0n) is 15.0. The molecule has 2 aromatic carbocycles. The van der Waals surface area contributed by atoms with Crippen LogP contribution in [0.4, 0.5) is 11.4 Å². The van der Waals surface area contributed by atoms with E-state index in [1.807, 2.05) is 47.4 Å². The minimum atomic E-state index is 0.0303. The number of aryl methyl sites for hydroxylation is 1. The Morgan fingerprint density at radius 2 is 1.81 bits per heavy atom. The number of hydrogen-bond acceptors (Lipinski definition) is 3. The van der Waals surface area contributed by atoms with Crippen molar-refractivity contribution in [1.82, 2.24) is 9.88 Å². The Bertz CT molecular complexity index is 945. The molecule has 1 aliphatic heterocycles. The second kappa shape index (κ2) is 7.16. The van der Waals surface area contributed by atoms with E-state index in [-0.39, 0.29) is 5.91 Å². The molecule has 2 heterocycles. The van der Waals surface area contributed by atoms with Gasteiger partial charge in [0.25, 0.3) is 5.91 Å². The minimum Gasteiger partial charge on any atom is -0.355 e. The molecular weight excluding hydrogens is 322 g/mol. The molecule has 4 nitrogen and oxygen atoms in total. The number of anilines is 2. The van der Waals surface area contributed by atoms with Crippen molar-refractivity contribution in [1.29, 1.82) is 0 Å². The highest BCUT2D eigenvalue weighted by molar-refractivity contribution is 6.00. The largest absolute Gasteiger partial charge is 0.355 e. The van der Waals surface area contributed by atoms with Crippen LogP contribution in [0.15, 0.2) is 54.6 Å². The Morgan fingerprint density at radius 1 is 1.00 bits per heavy atom. The molecule has 1 amide bonds. The van der Waals surface area contributed by atoms with E-state index in [4.69, 9.17) is 0 Å². The van der Waals surface area contributed by atoms with Gasteiger partial charge in [0.15, 0.2) is 0 Å². The van der Waals surface area contributed by atoms with Gasteiger partial charge in [-0.3, -0.25) is 4.79 Å². The lowest BCUT2D eigenvalue weighted by molar-refractivity contribution is 0.0719. The van der Waals surface area contributed by atoms with Crippen LogP contribution in [0.1, 0.15) is 35.3 Å². The Labute approximate surface area is 153 Å². The minimum absolute atomic E-state index is 0.0303. The zero-order valence-corrected chi connectivity index (χ0v) is 15.0. The van der Waals surface area contributed by atoms with Gasteiger partial charge in [-0.25, -0.2) is 4.98 Å². The van der Waals surface area contributed by atoms with Gasteiger partial charge in [0.05, 0.1) is 11.2 Å². The van der Waals surface area contributed by atoms with E-state index in [1.165, 1.54) is 12.0 Å². The normalized spacial score (nSPS) is 14.4. The topological polar surface area (TPSA) is 45.2 Å². The van der Waals surface area contributed by atoms with Crippen molar-refractivity contribution in [3.8, 4) is 0 Å². The van der Waals surface area contributed by atoms with Crippen molar-refractivity contribution in [2.75, 3.05) is 18.4 Å². The molecular formula is C22H23N3O. The summed E-state index contributed by atoms with van der Waals surface area (Å²) in [4.78, 5) is 19.5. The summed E-state index contributed by atoms with van der Waals surface area (Å²) in [6, 6.07) is 18.1. The standard InChI is InChI=1S/C22H23N3O/c1-16-8-7-9-17(14-16)23-20-15-21(22(26)25-12-5-2-6-13-25)24-19-11-4-3-10-18(19)20/h3-4,7-11,14-15H,2,5-6,12-13H2,1H3,(H,23,24). The maximum atomic E-state index is 12.9. The molecule has 1 saturated heterocycles. The molecule has 0 saturated carbocycles. The number of carbonyl (C=O) groups excluding carboxylic acids is 1. The predicted molar refractivity (Wildman–Crippen MR) is 106 cm³/mol. The summed E-state index contributed by atoms with van der Waals surface area (Å²) in [5, 5.41) is 4.49. The molecule has 132 valence electrons. The van der Waals surface area contributed by atoms with Crippen molar-refractivity contribution in [3.05, 3.63) is 65.9 Å². The molecule has 0 aliphatic carbocycles. The lowest BCUT2D eigenvalue weighted by atomic mass is 10.1. The fraction of sp³-hybridized carbons (Fsp3) is 0.273. The fourth-order valence-corrected chi connectivity index (χ4v) is 3.53. The van der Waals surface area contributed by atoms with Gasteiger partial charge >= 0.3 is 0 Å². The van der Waals surface area contributed by atoms with E-state index in [0.717, 1.165) is 48.2 Å². The summed E-state index contributed by atoms with van der Waals surface area (Å²) < 4.78 is 0. The third kappa shape index (κ3) is 3.40. The number of aromatic nitrogens is 1. The van der Waals surface area contributed by atoms with Gasteiger partial charge in [-0.05, 0) is 56.0 Å². The SMILES string of the molecule is Cc1cccc(Nc2cc(C(=O)N3CCCCC3)nc3ccccc23)c1. The molecule has 1 aliphatic rings. The molecule has 0 radical (unpaired) electrons. The summed E-state index contributed by atoms with van der Waals surface area (Å²) in [5.41, 5.74) is 4.48. The van der Waals surface area contributed by atoms with E-state index in [2.05, 4.69) is 29.4 Å². The second-order valence-corrected chi connectivity index (χ2v) is 6.92. The number of benzene rings is 2. The zero-order chi connectivity index (χ0) is 17.9. The van der Waals surface area contributed by atoms with Gasteiger partial charge in [0.2, 0.25) is 0 Å². The number of para-hydroxylation sites is 1. The number of likely N-dealkylation sites (tertiary alicyclic amines) is 1. The smallest absolute Gasteiger partial charge is 0.272 e. The number of piperidine rings is 1. The van der Waals surface area contributed by atoms with E-state index in [0.29, 0.717) is 5.69 Å². The van der Waals surface area contributed by atoms with Crippen LogP contribution in [0.3, 0.4) is 0 Å². The molecule has 4 rings (SSSR count). The van der Waals surface area contributed by atoms with Crippen LogP contribution in [0.5, 0.6) is 0 Å². The third-order valence-corrected chi connectivity index (χ3v) is 4.88. The number of pyridine rings is 1. The first-order valence-corrected chi connectivity index (χ1v) is 9.23. The molecule has 3 aromatic rings. The van der Waals surface area contributed by atoms with Gasteiger partial charge in [-0.2, -0.15) is 0 Å². The third-order valence-electron chi connectivity index (χ3n) is 4.88. The average Bonchev–Trinajstić information content (AvgIpc) is 2.68. The fourth-order valence-electron chi connectivity index (χ4n) is 3.53. The Balaban J connectivity index is 1.74. The first-order valence-electron chi connectivity index (χ1n) is 9.23. The highest BCUT2D eigenvalue weighted by Crippen LogP contribution is 2.27. The molecule has 1 fully saturated rings. The second-order valence-electron chi connectivity index (χ2n) is 6.92. The van der Waals surface area contributed by atoms with Crippen LogP contribution >= 0.6 is 0 Å².